The third kappa shape index (κ3) is 2.09. The van der Waals surface area contributed by atoms with Gasteiger partial charge in [-0.2, -0.15) is 5.10 Å². The van der Waals surface area contributed by atoms with Crippen molar-refractivity contribution in [3.8, 4) is 0 Å². The van der Waals surface area contributed by atoms with E-state index in [9.17, 15) is 4.79 Å². The van der Waals surface area contributed by atoms with Crippen molar-refractivity contribution in [3.63, 3.8) is 0 Å². The van der Waals surface area contributed by atoms with Crippen LogP contribution in [0.5, 0.6) is 0 Å². The predicted molar refractivity (Wildman–Crippen MR) is 69.3 cm³/mol. The summed E-state index contributed by atoms with van der Waals surface area (Å²) in [5.41, 5.74) is 2.85. The van der Waals surface area contributed by atoms with Crippen LogP contribution in [0.1, 0.15) is 36.8 Å². The number of carbonyl (C=O) groups excluding carboxylic acids is 1. The van der Waals surface area contributed by atoms with Gasteiger partial charge in [-0.25, -0.2) is 0 Å². The van der Waals surface area contributed by atoms with Gasteiger partial charge in [0.1, 0.15) is 0 Å². The number of carbonyl (C=O) groups is 1. The number of benzene rings is 1. The second kappa shape index (κ2) is 4.32. The van der Waals surface area contributed by atoms with Gasteiger partial charge in [0, 0.05) is 23.7 Å². The molecule has 0 saturated carbocycles. The first-order valence-corrected chi connectivity index (χ1v) is 5.96. The Balaban J connectivity index is 2.72. The third-order valence-corrected chi connectivity index (χ3v) is 2.96. The molecule has 0 aliphatic heterocycles. The maximum Gasteiger partial charge on any atom is 0.160 e. The normalized spacial score (nSPS) is 11.4. The van der Waals surface area contributed by atoms with Gasteiger partial charge in [0.15, 0.2) is 5.78 Å². The zero-order valence-corrected chi connectivity index (χ0v) is 10.8. The van der Waals surface area contributed by atoms with Crippen LogP contribution >= 0.6 is 0 Å². The van der Waals surface area contributed by atoms with Crippen LogP contribution in [0.15, 0.2) is 18.2 Å². The molecule has 17 heavy (non-hydrogen) atoms. The van der Waals surface area contributed by atoms with E-state index in [1.807, 2.05) is 29.9 Å². The Morgan fingerprint density at radius 3 is 2.71 bits per heavy atom. The summed E-state index contributed by atoms with van der Waals surface area (Å²) in [5, 5.41) is 5.50. The van der Waals surface area contributed by atoms with Gasteiger partial charge in [-0.05, 0) is 25.3 Å². The Hall–Kier alpha value is -1.64. The number of hydrogen-bond acceptors (Lipinski definition) is 2. The van der Waals surface area contributed by atoms with Crippen molar-refractivity contribution in [1.82, 2.24) is 9.78 Å². The quantitative estimate of drug-likeness (QED) is 0.760. The predicted octanol–water partition coefficient (Wildman–Crippen LogP) is 2.97. The van der Waals surface area contributed by atoms with Crippen molar-refractivity contribution in [3.05, 3.63) is 29.5 Å². The van der Waals surface area contributed by atoms with E-state index < -0.39 is 0 Å². The molecule has 2 rings (SSSR count). The molecular weight excluding hydrogens is 212 g/mol. The maximum atomic E-state index is 11.7. The van der Waals surface area contributed by atoms with Crippen molar-refractivity contribution in [2.75, 3.05) is 0 Å². The standard InChI is InChI=1S/C14H18N2O/c1-9(2)8-13-14-11(10(3)17)6-5-7-12(14)15-16(13)4/h5-7,9H,8H2,1-4H3. The van der Waals surface area contributed by atoms with E-state index >= 15 is 0 Å². The molecule has 3 nitrogen and oxygen atoms in total. The topological polar surface area (TPSA) is 34.9 Å². The van der Waals surface area contributed by atoms with Gasteiger partial charge in [0.05, 0.1) is 5.52 Å². The SMILES string of the molecule is CC(=O)c1cccc2nn(C)c(CC(C)C)c12. The van der Waals surface area contributed by atoms with Crippen molar-refractivity contribution in [1.29, 1.82) is 0 Å². The number of aryl methyl sites for hydroxylation is 1. The lowest BCUT2D eigenvalue weighted by atomic mass is 10.00. The summed E-state index contributed by atoms with van der Waals surface area (Å²) in [6, 6.07) is 5.74. The molecule has 1 aromatic carbocycles. The van der Waals surface area contributed by atoms with Crippen LogP contribution < -0.4 is 0 Å². The minimum atomic E-state index is 0.105. The first kappa shape index (κ1) is 11.8. The largest absolute Gasteiger partial charge is 0.294 e. The van der Waals surface area contributed by atoms with E-state index in [1.54, 1.807) is 6.92 Å². The lowest BCUT2D eigenvalue weighted by molar-refractivity contribution is 0.101. The van der Waals surface area contributed by atoms with Gasteiger partial charge in [0.25, 0.3) is 0 Å². The average molecular weight is 230 g/mol. The molecule has 90 valence electrons. The number of Topliss-reactive ketones (excluding diaryl/α,β-unsaturated/α-hetero) is 1. The lowest BCUT2D eigenvalue weighted by Gasteiger charge is -2.07. The van der Waals surface area contributed by atoms with E-state index in [1.165, 1.54) is 0 Å². The summed E-state index contributed by atoms with van der Waals surface area (Å²) < 4.78 is 1.90. The van der Waals surface area contributed by atoms with Gasteiger partial charge in [-0.15, -0.1) is 0 Å². The molecule has 1 aromatic heterocycles. The maximum absolute atomic E-state index is 11.7. The highest BCUT2D eigenvalue weighted by Gasteiger charge is 2.15. The van der Waals surface area contributed by atoms with Crippen molar-refractivity contribution in [2.45, 2.75) is 27.2 Å². The van der Waals surface area contributed by atoms with Crippen LogP contribution in [-0.4, -0.2) is 15.6 Å². The molecule has 2 aromatic rings. The van der Waals surface area contributed by atoms with Gasteiger partial charge >= 0.3 is 0 Å². The van der Waals surface area contributed by atoms with Gasteiger partial charge in [-0.3, -0.25) is 9.48 Å². The molecule has 0 unspecified atom stereocenters. The van der Waals surface area contributed by atoms with Crippen molar-refractivity contribution >= 4 is 16.7 Å². The van der Waals surface area contributed by atoms with E-state index in [0.29, 0.717) is 5.92 Å². The Morgan fingerprint density at radius 1 is 1.41 bits per heavy atom. The van der Waals surface area contributed by atoms with Crippen LogP contribution in [0.3, 0.4) is 0 Å². The Bertz CT molecular complexity index is 567. The number of aromatic nitrogens is 2. The highest BCUT2D eigenvalue weighted by Crippen LogP contribution is 2.24. The number of fused-ring (bicyclic) bond motifs is 1. The van der Waals surface area contributed by atoms with Crippen LogP contribution in [0.2, 0.25) is 0 Å². The molecule has 0 aliphatic carbocycles. The number of rotatable bonds is 3. The van der Waals surface area contributed by atoms with Gasteiger partial charge < -0.3 is 0 Å². The highest BCUT2D eigenvalue weighted by atomic mass is 16.1. The molecule has 0 bridgehead atoms. The fraction of sp³-hybridized carbons (Fsp3) is 0.429. The first-order valence-electron chi connectivity index (χ1n) is 5.96. The van der Waals surface area contributed by atoms with Gasteiger partial charge in [0.2, 0.25) is 0 Å². The fourth-order valence-electron chi connectivity index (χ4n) is 2.22. The molecule has 0 N–H and O–H groups in total. The molecule has 0 saturated heterocycles. The summed E-state index contributed by atoms with van der Waals surface area (Å²) in [5.74, 6) is 0.655. The minimum absolute atomic E-state index is 0.105. The summed E-state index contributed by atoms with van der Waals surface area (Å²) in [7, 11) is 1.95. The number of nitrogens with zero attached hydrogens (tertiary/aromatic N) is 2. The summed E-state index contributed by atoms with van der Waals surface area (Å²) in [6.07, 6.45) is 0.942. The van der Waals surface area contributed by atoms with Crippen LogP contribution in [-0.2, 0) is 13.5 Å². The zero-order chi connectivity index (χ0) is 12.6. The number of ketones is 1. The van der Waals surface area contributed by atoms with E-state index in [4.69, 9.17) is 0 Å². The Labute approximate surface area is 101 Å². The van der Waals surface area contributed by atoms with Crippen molar-refractivity contribution in [2.24, 2.45) is 13.0 Å². The molecule has 0 amide bonds. The summed E-state index contributed by atoms with van der Waals surface area (Å²) in [6.45, 7) is 5.96. The molecule has 0 spiro atoms. The zero-order valence-electron chi connectivity index (χ0n) is 10.8. The molecule has 3 heteroatoms. The fourth-order valence-corrected chi connectivity index (χ4v) is 2.22. The van der Waals surface area contributed by atoms with Gasteiger partial charge in [-0.1, -0.05) is 26.0 Å². The molecule has 0 atom stereocenters. The Kier molecular flexibility index (Phi) is 3.01. The van der Waals surface area contributed by atoms with E-state index in [-0.39, 0.29) is 5.78 Å². The highest BCUT2D eigenvalue weighted by molar-refractivity contribution is 6.07. The minimum Gasteiger partial charge on any atom is -0.294 e. The number of hydrogen-bond donors (Lipinski definition) is 0. The summed E-state index contributed by atoms with van der Waals surface area (Å²) >= 11 is 0. The van der Waals surface area contributed by atoms with Crippen LogP contribution in [0.4, 0.5) is 0 Å². The molecule has 0 fully saturated rings. The second-order valence-corrected chi connectivity index (χ2v) is 4.92. The van der Waals surface area contributed by atoms with E-state index in [2.05, 4.69) is 18.9 Å². The summed E-state index contributed by atoms with van der Waals surface area (Å²) in [4.78, 5) is 11.7. The molecular formula is C14H18N2O. The van der Waals surface area contributed by atoms with E-state index in [0.717, 1.165) is 28.6 Å². The monoisotopic (exact) mass is 230 g/mol. The van der Waals surface area contributed by atoms with Crippen molar-refractivity contribution < 1.29 is 4.79 Å². The average Bonchev–Trinajstić information content (AvgIpc) is 2.54. The lowest BCUT2D eigenvalue weighted by Crippen LogP contribution is -2.04. The second-order valence-electron chi connectivity index (χ2n) is 4.92. The third-order valence-electron chi connectivity index (χ3n) is 2.96. The smallest absolute Gasteiger partial charge is 0.160 e. The molecule has 1 heterocycles. The Morgan fingerprint density at radius 2 is 2.12 bits per heavy atom. The molecule has 0 aliphatic rings. The molecule has 0 radical (unpaired) electrons. The van der Waals surface area contributed by atoms with Crippen LogP contribution in [0.25, 0.3) is 10.9 Å². The first-order chi connectivity index (χ1) is 8.00. The van der Waals surface area contributed by atoms with Crippen LogP contribution in [0, 0.1) is 5.92 Å².